The van der Waals surface area contributed by atoms with Gasteiger partial charge >= 0.3 is 11.4 Å². The van der Waals surface area contributed by atoms with Crippen molar-refractivity contribution in [1.29, 1.82) is 0 Å². The van der Waals surface area contributed by atoms with E-state index in [-0.39, 0.29) is 46.0 Å². The van der Waals surface area contributed by atoms with Crippen LogP contribution < -0.4 is 11.4 Å². The van der Waals surface area contributed by atoms with Gasteiger partial charge in [-0.1, -0.05) is 50.1 Å². The van der Waals surface area contributed by atoms with Gasteiger partial charge in [0, 0.05) is 11.3 Å². The number of nitrogens with zero attached hydrogens (tertiary/aromatic N) is 3. The molecule has 27 heavy (non-hydrogen) atoms. The van der Waals surface area contributed by atoms with E-state index in [1.54, 1.807) is 9.36 Å². The van der Waals surface area contributed by atoms with Gasteiger partial charge in [0.1, 0.15) is 11.2 Å². The number of epoxide rings is 1. The van der Waals surface area contributed by atoms with Crippen molar-refractivity contribution in [2.75, 3.05) is 0 Å². The zero-order chi connectivity index (χ0) is 18.2. The van der Waals surface area contributed by atoms with E-state index in [1.807, 2.05) is 30.3 Å². The maximum absolute atomic E-state index is 13.3. The van der Waals surface area contributed by atoms with Crippen LogP contribution in [-0.4, -0.2) is 25.1 Å². The molecule has 0 radical (unpaired) electrons. The van der Waals surface area contributed by atoms with E-state index >= 15 is 0 Å². The van der Waals surface area contributed by atoms with Gasteiger partial charge < -0.3 is 4.74 Å². The summed E-state index contributed by atoms with van der Waals surface area (Å²) in [5.41, 5.74) is -0.107. The summed E-state index contributed by atoms with van der Waals surface area (Å²) in [6.45, 7) is 2.29. The van der Waals surface area contributed by atoms with Crippen molar-refractivity contribution >= 4 is 0 Å². The molecule has 2 saturated carbocycles. The maximum Gasteiger partial charge on any atom is 0.352 e. The SMILES string of the molecule is C[C@]12[C@H]3C=C[C@@H]([C@@H]1[C@]14CCCC[C@]21O4)n1c(=O)n(-c2ccccc2)c(=O)n13. The summed E-state index contributed by atoms with van der Waals surface area (Å²) >= 11 is 0. The van der Waals surface area contributed by atoms with E-state index in [2.05, 4.69) is 19.1 Å². The molecule has 6 nitrogen and oxygen atoms in total. The van der Waals surface area contributed by atoms with Gasteiger partial charge in [0.15, 0.2) is 0 Å². The second-order valence-electron chi connectivity index (χ2n) is 9.03. The Hall–Kier alpha value is -2.34. The van der Waals surface area contributed by atoms with Crippen LogP contribution in [0, 0.1) is 11.3 Å². The van der Waals surface area contributed by atoms with Gasteiger partial charge in [-0.15, -0.1) is 0 Å². The number of hydrogen-bond donors (Lipinski definition) is 0. The number of rotatable bonds is 1. The molecule has 6 aliphatic rings. The minimum absolute atomic E-state index is 0.0662. The largest absolute Gasteiger partial charge is 0.361 e. The summed E-state index contributed by atoms with van der Waals surface area (Å²) in [5, 5.41) is 0. The van der Waals surface area contributed by atoms with E-state index in [0.717, 1.165) is 12.8 Å². The maximum atomic E-state index is 13.3. The molecule has 4 heterocycles. The van der Waals surface area contributed by atoms with Crippen LogP contribution in [0.2, 0.25) is 0 Å². The number of allylic oxidation sites excluding steroid dienone is 2. The molecule has 1 saturated heterocycles. The molecule has 3 aliphatic carbocycles. The Labute approximate surface area is 155 Å². The Morgan fingerprint density at radius 3 is 2.56 bits per heavy atom. The summed E-state index contributed by atoms with van der Waals surface area (Å²) in [5.74, 6) is 0.282. The van der Waals surface area contributed by atoms with Crippen molar-refractivity contribution in [3.8, 4) is 5.69 Å². The van der Waals surface area contributed by atoms with E-state index in [0.29, 0.717) is 5.69 Å². The van der Waals surface area contributed by atoms with Crippen molar-refractivity contribution in [2.45, 2.75) is 55.9 Å². The van der Waals surface area contributed by atoms with Crippen molar-refractivity contribution in [2.24, 2.45) is 11.3 Å². The van der Waals surface area contributed by atoms with Crippen LogP contribution in [0.25, 0.3) is 5.69 Å². The minimum Gasteiger partial charge on any atom is -0.361 e. The van der Waals surface area contributed by atoms with Crippen LogP contribution in [0.1, 0.15) is 44.7 Å². The Morgan fingerprint density at radius 2 is 1.74 bits per heavy atom. The number of para-hydroxylation sites is 1. The Bertz CT molecular complexity index is 1160. The van der Waals surface area contributed by atoms with Crippen molar-refractivity contribution in [3.63, 3.8) is 0 Å². The predicted molar refractivity (Wildman–Crippen MR) is 98.1 cm³/mol. The highest BCUT2D eigenvalue weighted by Gasteiger charge is 2.95. The van der Waals surface area contributed by atoms with E-state index in [9.17, 15) is 9.59 Å². The highest BCUT2D eigenvalue weighted by atomic mass is 16.6. The number of benzene rings is 1. The Morgan fingerprint density at radius 1 is 1.00 bits per heavy atom. The molecule has 138 valence electrons. The third-order valence-corrected chi connectivity index (χ3v) is 8.36. The van der Waals surface area contributed by atoms with Gasteiger partial charge in [0.25, 0.3) is 0 Å². The van der Waals surface area contributed by atoms with Crippen molar-refractivity contribution in [1.82, 2.24) is 13.9 Å². The molecule has 0 amide bonds. The molecular formula is C21H21N3O3. The first-order chi connectivity index (χ1) is 13.1. The molecule has 1 aromatic heterocycles. The van der Waals surface area contributed by atoms with Crippen LogP contribution in [-0.2, 0) is 4.74 Å². The van der Waals surface area contributed by atoms with Gasteiger partial charge in [-0.2, -0.15) is 0 Å². The lowest BCUT2D eigenvalue weighted by Gasteiger charge is -2.65. The highest BCUT2D eigenvalue weighted by Crippen LogP contribution is 2.87. The smallest absolute Gasteiger partial charge is 0.352 e. The Balaban J connectivity index is 1.50. The Kier molecular flexibility index (Phi) is 2.21. The zero-order valence-electron chi connectivity index (χ0n) is 15.2. The first-order valence-electron chi connectivity index (χ1n) is 9.97. The van der Waals surface area contributed by atoms with Gasteiger partial charge in [0.05, 0.1) is 17.8 Å². The molecule has 6 heteroatoms. The molecule has 2 aromatic rings. The summed E-state index contributed by atoms with van der Waals surface area (Å²) in [6.07, 6.45) is 8.84. The molecule has 0 N–H and O–H groups in total. The highest BCUT2D eigenvalue weighted by molar-refractivity contribution is 5.46. The van der Waals surface area contributed by atoms with Crippen LogP contribution in [0.4, 0.5) is 0 Å². The van der Waals surface area contributed by atoms with Crippen LogP contribution in [0.3, 0.4) is 0 Å². The molecule has 2 bridgehead atoms. The lowest BCUT2D eigenvalue weighted by Crippen LogP contribution is -2.73. The standard InChI is InChI=1S/C21H21N3O3/c1-19-15-10-9-14(16(19)20-11-5-6-12-21(19,20)27-20)23-17(25)22(18(26)24(15)23)13-7-3-2-4-8-13/h2-4,7-10,14-16H,5-6,11-12H2,1H3/t14-,15+,16-,19-,20+,21-/m0/s1. The van der Waals surface area contributed by atoms with Gasteiger partial charge in [0.2, 0.25) is 0 Å². The monoisotopic (exact) mass is 363 g/mol. The third kappa shape index (κ3) is 1.21. The topological polar surface area (TPSA) is 61.5 Å². The number of ether oxygens (including phenoxy) is 1. The second kappa shape index (κ2) is 4.07. The zero-order valence-corrected chi connectivity index (χ0v) is 15.2. The van der Waals surface area contributed by atoms with Gasteiger partial charge in [-0.05, 0) is 25.0 Å². The van der Waals surface area contributed by atoms with Crippen LogP contribution >= 0.6 is 0 Å². The average molecular weight is 363 g/mol. The third-order valence-electron chi connectivity index (χ3n) is 8.36. The van der Waals surface area contributed by atoms with E-state index in [1.165, 1.54) is 17.4 Å². The van der Waals surface area contributed by atoms with Crippen LogP contribution in [0.5, 0.6) is 0 Å². The minimum atomic E-state index is -0.240. The fraction of sp³-hybridized carbons (Fsp3) is 0.524. The van der Waals surface area contributed by atoms with Crippen molar-refractivity contribution < 1.29 is 4.74 Å². The average Bonchev–Trinajstić information content (AvgIpc) is 3.26. The summed E-state index contributed by atoms with van der Waals surface area (Å²) < 4.78 is 11.3. The first-order valence-corrected chi connectivity index (χ1v) is 9.97. The lowest BCUT2D eigenvalue weighted by molar-refractivity contribution is -0.128. The van der Waals surface area contributed by atoms with E-state index in [4.69, 9.17) is 4.74 Å². The quantitative estimate of drug-likeness (QED) is 0.576. The molecule has 3 aliphatic heterocycles. The fourth-order valence-electron chi connectivity index (χ4n) is 7.46. The molecule has 8 rings (SSSR count). The molecule has 0 unspecified atom stereocenters. The van der Waals surface area contributed by atoms with E-state index < -0.39 is 0 Å². The molecule has 1 aromatic carbocycles. The normalized spacial score (nSPS) is 44.7. The van der Waals surface area contributed by atoms with Gasteiger partial charge in [-0.3, -0.25) is 0 Å². The number of hydrogen-bond acceptors (Lipinski definition) is 3. The molecule has 6 atom stereocenters. The summed E-state index contributed by atoms with van der Waals surface area (Å²) in [7, 11) is 0. The van der Waals surface area contributed by atoms with Crippen molar-refractivity contribution in [3.05, 3.63) is 63.5 Å². The molecule has 3 fully saturated rings. The molecule has 0 spiro atoms. The molecular weight excluding hydrogens is 342 g/mol. The van der Waals surface area contributed by atoms with Gasteiger partial charge in [-0.25, -0.2) is 23.5 Å². The van der Waals surface area contributed by atoms with Crippen LogP contribution in [0.15, 0.2) is 52.1 Å². The summed E-state index contributed by atoms with van der Waals surface area (Å²) in [6, 6.07) is 9.02. The predicted octanol–water partition coefficient (Wildman–Crippen LogP) is 2.18. The second-order valence-corrected chi connectivity index (χ2v) is 9.03. The lowest BCUT2D eigenvalue weighted by atomic mass is 9.38. The fourth-order valence-corrected chi connectivity index (χ4v) is 7.46. The number of aromatic nitrogens is 3. The first kappa shape index (κ1) is 14.7. The summed E-state index contributed by atoms with van der Waals surface area (Å²) in [4.78, 5) is 26.7.